The van der Waals surface area contributed by atoms with Gasteiger partial charge in [0, 0.05) is 24.5 Å². The molecule has 0 aliphatic carbocycles. The number of piperazine rings is 1. The predicted molar refractivity (Wildman–Crippen MR) is 92.0 cm³/mol. The number of ether oxygens (including phenoxy) is 1. The lowest BCUT2D eigenvalue weighted by Gasteiger charge is -2.44. The zero-order chi connectivity index (χ0) is 17.3. The van der Waals surface area contributed by atoms with Gasteiger partial charge in [-0.3, -0.25) is 10.1 Å². The highest BCUT2D eigenvalue weighted by Crippen LogP contribution is 2.44. The van der Waals surface area contributed by atoms with Crippen LogP contribution in [0.5, 0.6) is 5.88 Å². The molecular weight excluding hydrogens is 320 g/mol. The van der Waals surface area contributed by atoms with Gasteiger partial charge in [0.15, 0.2) is 0 Å². The molecule has 0 saturated carbocycles. The number of aliphatic carboxylic acids is 1. The summed E-state index contributed by atoms with van der Waals surface area (Å²) in [4.78, 5) is 23.4. The Balaban J connectivity index is 1.74. The molecule has 0 aromatic carbocycles. The first-order chi connectivity index (χ1) is 12.0. The number of rotatable bonds is 1. The predicted octanol–water partition coefficient (Wildman–Crippen LogP) is 1.34. The Morgan fingerprint density at radius 1 is 1.52 bits per heavy atom. The Bertz CT molecular complexity index is 901. The van der Waals surface area contributed by atoms with E-state index in [4.69, 9.17) is 9.72 Å². The highest BCUT2D eigenvalue weighted by Gasteiger charge is 2.58. The van der Waals surface area contributed by atoms with E-state index in [1.807, 2.05) is 19.1 Å². The quantitative estimate of drug-likeness (QED) is 0.810. The molecule has 0 radical (unpaired) electrons. The average Bonchev–Trinajstić information content (AvgIpc) is 2.75. The summed E-state index contributed by atoms with van der Waals surface area (Å²) in [6.45, 7) is 4.93. The third-order valence-corrected chi connectivity index (χ3v) is 5.87. The fourth-order valence-corrected chi connectivity index (χ4v) is 4.79. The van der Waals surface area contributed by atoms with E-state index >= 15 is 0 Å². The highest BCUT2D eigenvalue weighted by molar-refractivity contribution is 5.97. The van der Waals surface area contributed by atoms with Crippen LogP contribution in [0.1, 0.15) is 19.0 Å². The lowest BCUT2D eigenvalue weighted by atomic mass is 9.93. The van der Waals surface area contributed by atoms with E-state index in [1.54, 1.807) is 6.20 Å². The van der Waals surface area contributed by atoms with Gasteiger partial charge in [-0.05, 0) is 36.8 Å². The Morgan fingerprint density at radius 2 is 2.36 bits per heavy atom. The summed E-state index contributed by atoms with van der Waals surface area (Å²) in [7, 11) is 0. The van der Waals surface area contributed by atoms with Crippen LogP contribution in [0.15, 0.2) is 18.3 Å². The molecule has 130 valence electrons. The maximum absolute atomic E-state index is 12.0. The van der Waals surface area contributed by atoms with Crippen LogP contribution in [0.25, 0.3) is 10.8 Å². The SMILES string of the molecule is Cc1cc2ccnc3c2c(n1)N1CC2(C(=O)O)CC(C)C(N2)C1CO3. The largest absolute Gasteiger partial charge is 0.480 e. The van der Waals surface area contributed by atoms with Crippen molar-refractivity contribution >= 4 is 22.6 Å². The maximum atomic E-state index is 12.0. The minimum Gasteiger partial charge on any atom is -0.480 e. The number of fused-ring (bicyclic) bond motifs is 5. The molecule has 7 nitrogen and oxygen atoms in total. The second-order valence-electron chi connectivity index (χ2n) is 7.55. The summed E-state index contributed by atoms with van der Waals surface area (Å²) in [5.74, 6) is 0.846. The molecule has 3 aliphatic heterocycles. The molecule has 3 aliphatic rings. The molecule has 5 rings (SSSR count). The van der Waals surface area contributed by atoms with Gasteiger partial charge in [0.25, 0.3) is 0 Å². The summed E-state index contributed by atoms with van der Waals surface area (Å²) in [6, 6.07) is 4.06. The molecule has 2 N–H and O–H groups in total. The minimum atomic E-state index is -0.926. The van der Waals surface area contributed by atoms with E-state index in [9.17, 15) is 9.90 Å². The van der Waals surface area contributed by atoms with Crippen molar-refractivity contribution in [3.05, 3.63) is 24.0 Å². The Kier molecular flexibility index (Phi) is 2.87. The topological polar surface area (TPSA) is 87.6 Å². The molecule has 7 heteroatoms. The van der Waals surface area contributed by atoms with Crippen molar-refractivity contribution in [3.63, 3.8) is 0 Å². The van der Waals surface area contributed by atoms with Gasteiger partial charge in [0.2, 0.25) is 5.88 Å². The van der Waals surface area contributed by atoms with E-state index < -0.39 is 11.5 Å². The number of anilines is 1. The molecule has 25 heavy (non-hydrogen) atoms. The molecule has 2 aromatic heterocycles. The number of carboxylic acids is 1. The lowest BCUT2D eigenvalue weighted by molar-refractivity contribution is -0.144. The van der Waals surface area contributed by atoms with Crippen molar-refractivity contribution in [2.45, 2.75) is 37.9 Å². The number of nitrogens with zero attached hydrogens (tertiary/aromatic N) is 3. The number of hydrogen-bond acceptors (Lipinski definition) is 6. The smallest absolute Gasteiger partial charge is 0.325 e. The fourth-order valence-electron chi connectivity index (χ4n) is 4.79. The molecule has 2 aromatic rings. The van der Waals surface area contributed by atoms with Crippen molar-refractivity contribution in [3.8, 4) is 5.88 Å². The van der Waals surface area contributed by atoms with Crippen LogP contribution in [0.3, 0.4) is 0 Å². The summed E-state index contributed by atoms with van der Waals surface area (Å²) in [6.07, 6.45) is 2.37. The van der Waals surface area contributed by atoms with Crippen molar-refractivity contribution < 1.29 is 14.6 Å². The summed E-state index contributed by atoms with van der Waals surface area (Å²) < 4.78 is 6.04. The highest BCUT2D eigenvalue weighted by atomic mass is 16.5. The second kappa shape index (κ2) is 4.82. The number of carboxylic acid groups (broad SMARTS) is 1. The van der Waals surface area contributed by atoms with Crippen LogP contribution in [0, 0.1) is 12.8 Å². The van der Waals surface area contributed by atoms with Gasteiger partial charge in [-0.2, -0.15) is 0 Å². The summed E-state index contributed by atoms with van der Waals surface area (Å²) >= 11 is 0. The van der Waals surface area contributed by atoms with E-state index in [-0.39, 0.29) is 18.0 Å². The molecule has 2 fully saturated rings. The van der Waals surface area contributed by atoms with Gasteiger partial charge in [-0.1, -0.05) is 6.92 Å². The third-order valence-electron chi connectivity index (χ3n) is 5.87. The van der Waals surface area contributed by atoms with E-state index in [0.717, 1.165) is 22.3 Å². The number of carbonyl (C=O) groups is 1. The number of pyridine rings is 2. The van der Waals surface area contributed by atoms with Crippen LogP contribution >= 0.6 is 0 Å². The van der Waals surface area contributed by atoms with E-state index in [1.165, 1.54) is 0 Å². The minimum absolute atomic E-state index is 0.0386. The van der Waals surface area contributed by atoms with Gasteiger partial charge in [0.05, 0.1) is 11.4 Å². The second-order valence-corrected chi connectivity index (χ2v) is 7.55. The molecule has 2 bridgehead atoms. The molecule has 0 spiro atoms. The van der Waals surface area contributed by atoms with Gasteiger partial charge in [-0.25, -0.2) is 9.97 Å². The first kappa shape index (κ1) is 14.9. The molecule has 5 heterocycles. The molecule has 0 amide bonds. The Hall–Kier alpha value is -2.41. The van der Waals surface area contributed by atoms with Gasteiger partial charge in [0.1, 0.15) is 18.0 Å². The van der Waals surface area contributed by atoms with Gasteiger partial charge >= 0.3 is 5.97 Å². The zero-order valence-corrected chi connectivity index (χ0v) is 14.2. The van der Waals surface area contributed by atoms with E-state index in [0.29, 0.717) is 25.5 Å². The van der Waals surface area contributed by atoms with Crippen molar-refractivity contribution in [1.82, 2.24) is 15.3 Å². The third kappa shape index (κ3) is 1.93. The number of aromatic nitrogens is 2. The van der Waals surface area contributed by atoms with Crippen LogP contribution in [0.2, 0.25) is 0 Å². The fraction of sp³-hybridized carbons (Fsp3) is 0.500. The first-order valence-electron chi connectivity index (χ1n) is 8.65. The molecule has 4 unspecified atom stereocenters. The summed E-state index contributed by atoms with van der Waals surface area (Å²) in [5, 5.41) is 15.2. The lowest BCUT2D eigenvalue weighted by Crippen LogP contribution is -2.68. The Labute approximate surface area is 145 Å². The number of nitrogens with one attached hydrogen (secondary N) is 1. The van der Waals surface area contributed by atoms with Crippen LogP contribution < -0.4 is 15.0 Å². The van der Waals surface area contributed by atoms with Crippen LogP contribution in [-0.2, 0) is 4.79 Å². The van der Waals surface area contributed by atoms with Gasteiger partial charge < -0.3 is 14.7 Å². The number of aryl methyl sites for hydroxylation is 1. The summed E-state index contributed by atoms with van der Waals surface area (Å²) in [5.41, 5.74) is -0.0194. The van der Waals surface area contributed by atoms with Crippen LogP contribution in [0.4, 0.5) is 5.82 Å². The van der Waals surface area contributed by atoms with Crippen molar-refractivity contribution in [2.75, 3.05) is 18.1 Å². The molecular formula is C18H20N4O3. The van der Waals surface area contributed by atoms with E-state index in [2.05, 4.69) is 22.1 Å². The van der Waals surface area contributed by atoms with Crippen LogP contribution in [-0.4, -0.2) is 51.8 Å². The Morgan fingerprint density at radius 3 is 3.16 bits per heavy atom. The van der Waals surface area contributed by atoms with Crippen molar-refractivity contribution in [2.24, 2.45) is 5.92 Å². The van der Waals surface area contributed by atoms with Gasteiger partial charge in [-0.15, -0.1) is 0 Å². The normalized spacial score (nSPS) is 32.9. The number of hydrogen-bond donors (Lipinski definition) is 2. The standard InChI is InChI=1S/C18H20N4O3/c1-9-6-18(17(23)24)8-22-12(14(9)21-18)7-25-16-13-11(3-4-19-16)5-10(2)20-15(13)22/h3-5,9,12,14,21H,6-8H2,1-2H3,(H,23,24). The molecule has 2 saturated heterocycles. The average molecular weight is 340 g/mol. The monoisotopic (exact) mass is 340 g/mol. The molecule has 4 atom stereocenters. The zero-order valence-electron chi connectivity index (χ0n) is 14.2. The van der Waals surface area contributed by atoms with Crippen molar-refractivity contribution in [1.29, 1.82) is 0 Å². The maximum Gasteiger partial charge on any atom is 0.325 e. The first-order valence-corrected chi connectivity index (χ1v) is 8.65.